The lowest BCUT2D eigenvalue weighted by atomic mass is 9.99. The van der Waals surface area contributed by atoms with E-state index in [0.29, 0.717) is 0 Å². The largest absolute Gasteiger partial charge is 0.359 e. The van der Waals surface area contributed by atoms with Crippen molar-refractivity contribution in [2.75, 3.05) is 0 Å². The number of aromatic amines is 2. The molecule has 2 N–H and O–H groups in total. The minimum atomic E-state index is 1.02. The van der Waals surface area contributed by atoms with Crippen molar-refractivity contribution in [2.24, 2.45) is 9.98 Å². The van der Waals surface area contributed by atoms with Crippen molar-refractivity contribution >= 4 is 24.6 Å². The molecule has 2 aromatic rings. The maximum atomic E-state index is 4.64. The zero-order chi connectivity index (χ0) is 27.4. The van der Waals surface area contributed by atoms with Gasteiger partial charge in [0.15, 0.2) is 0 Å². The van der Waals surface area contributed by atoms with Crippen molar-refractivity contribution < 1.29 is 0 Å². The summed E-state index contributed by atoms with van der Waals surface area (Å²) in [6.07, 6.45) is 17.8. The molecule has 2 aliphatic heterocycles. The van der Waals surface area contributed by atoms with Gasteiger partial charge in [0, 0.05) is 35.2 Å². The lowest BCUT2D eigenvalue weighted by molar-refractivity contribution is 0.637. The van der Waals surface area contributed by atoms with E-state index in [2.05, 4.69) is 87.5 Å². The molecule has 0 saturated carbocycles. The van der Waals surface area contributed by atoms with Crippen LogP contribution in [0.5, 0.6) is 0 Å². The highest BCUT2D eigenvalue weighted by Crippen LogP contribution is 2.30. The van der Waals surface area contributed by atoms with E-state index in [4.69, 9.17) is 0 Å². The van der Waals surface area contributed by atoms with Crippen LogP contribution in [-0.4, -0.2) is 22.4 Å². The molecule has 0 atom stereocenters. The van der Waals surface area contributed by atoms with E-state index in [0.717, 1.165) is 37.1 Å². The molecule has 0 saturated heterocycles. The van der Waals surface area contributed by atoms with Gasteiger partial charge in [-0.1, -0.05) is 26.7 Å². The molecule has 38 heavy (non-hydrogen) atoms. The molecule has 0 aliphatic carbocycles. The molecule has 0 unspecified atom stereocenters. The highest BCUT2D eigenvalue weighted by atomic mass is 14.8. The van der Waals surface area contributed by atoms with E-state index >= 15 is 0 Å². The highest BCUT2D eigenvalue weighted by Gasteiger charge is 2.16. The zero-order valence-corrected chi connectivity index (χ0v) is 24.9. The molecule has 0 radical (unpaired) electrons. The first-order valence-corrected chi connectivity index (χ1v) is 14.5. The summed E-state index contributed by atoms with van der Waals surface area (Å²) in [5.74, 6) is 0. The van der Waals surface area contributed by atoms with Gasteiger partial charge in [-0.3, -0.25) is 9.98 Å². The molecule has 0 amide bonds. The van der Waals surface area contributed by atoms with Crippen molar-refractivity contribution in [3.63, 3.8) is 0 Å². The van der Waals surface area contributed by atoms with E-state index in [1.165, 1.54) is 93.0 Å². The number of hydrogen-bond acceptors (Lipinski definition) is 2. The van der Waals surface area contributed by atoms with E-state index < -0.39 is 0 Å². The number of rotatable bonds is 11. The lowest BCUT2D eigenvalue weighted by Crippen LogP contribution is -1.92. The molecule has 2 aromatic heterocycles. The number of nitrogens with one attached hydrogen (secondary N) is 2. The number of aryl methyl sites for hydroxylation is 2. The van der Waals surface area contributed by atoms with E-state index in [1.807, 2.05) is 12.4 Å². The Bertz CT molecular complexity index is 1270. The Balaban J connectivity index is 1.29. The predicted octanol–water partition coefficient (Wildman–Crippen LogP) is 9.23. The summed E-state index contributed by atoms with van der Waals surface area (Å²) in [6, 6.07) is 0. The van der Waals surface area contributed by atoms with Crippen LogP contribution < -0.4 is 0 Å². The number of hydrogen-bond donors (Lipinski definition) is 2. The minimum absolute atomic E-state index is 1.02. The second-order valence-corrected chi connectivity index (χ2v) is 11.1. The second kappa shape index (κ2) is 12.1. The van der Waals surface area contributed by atoms with Crippen LogP contribution in [0.15, 0.2) is 43.7 Å². The zero-order valence-electron chi connectivity index (χ0n) is 24.9. The van der Waals surface area contributed by atoms with Crippen LogP contribution in [0.25, 0.3) is 12.2 Å². The maximum Gasteiger partial charge on any atom is 0.0685 e. The third-order valence-corrected chi connectivity index (χ3v) is 8.50. The van der Waals surface area contributed by atoms with Crippen LogP contribution in [0.2, 0.25) is 0 Å². The van der Waals surface area contributed by atoms with Gasteiger partial charge in [0.05, 0.1) is 11.4 Å². The van der Waals surface area contributed by atoms with E-state index in [-0.39, 0.29) is 0 Å². The number of aromatic nitrogens is 2. The molecule has 0 fully saturated rings. The Labute approximate surface area is 229 Å². The van der Waals surface area contributed by atoms with Gasteiger partial charge in [0.1, 0.15) is 0 Å². The fraction of sp³-hybridized carbons (Fsp3) is 0.471. The minimum Gasteiger partial charge on any atom is -0.359 e. The summed E-state index contributed by atoms with van der Waals surface area (Å²) in [4.78, 5) is 16.5. The predicted molar refractivity (Wildman–Crippen MR) is 165 cm³/mol. The van der Waals surface area contributed by atoms with Gasteiger partial charge in [-0.25, -0.2) is 0 Å². The number of unbranched alkanes of at least 4 members (excludes halogenated alkanes) is 3. The third-order valence-electron chi connectivity index (χ3n) is 8.50. The van der Waals surface area contributed by atoms with Crippen molar-refractivity contribution in [3.05, 3.63) is 78.7 Å². The SMILES string of the molecule is CCC1=C(C)C=NC1=Cc1[nH]c(C)c(CCCCCCc2c(C)[nH]c(/C=C3/N=CC(C)=C3CC)c2C)c1C. The number of H-pyrrole nitrogens is 2. The monoisotopic (exact) mass is 510 g/mol. The standard InChI is InChI=1S/C34H46N4/c1-9-27-21(3)19-35-33(27)17-31-23(5)29(25(7)37-31)15-13-11-12-14-16-30-24(6)32(38-26(30)8)18-34-28(10-2)22(4)20-36-34/h17-20,37-38H,9-16H2,1-8H3/b33-17+,34-18?. The van der Waals surface area contributed by atoms with Crippen molar-refractivity contribution in [3.8, 4) is 0 Å². The Morgan fingerprint density at radius 2 is 1.00 bits per heavy atom. The average molecular weight is 511 g/mol. The molecule has 4 heterocycles. The lowest BCUT2D eigenvalue weighted by Gasteiger charge is -2.06. The van der Waals surface area contributed by atoms with Crippen LogP contribution in [0.4, 0.5) is 0 Å². The quantitative estimate of drug-likeness (QED) is 0.283. The van der Waals surface area contributed by atoms with Gasteiger partial charge >= 0.3 is 0 Å². The van der Waals surface area contributed by atoms with Gasteiger partial charge < -0.3 is 9.97 Å². The molecule has 4 rings (SSSR count). The average Bonchev–Trinajstić information content (AvgIpc) is 3.58. The van der Waals surface area contributed by atoms with Gasteiger partial charge in [-0.05, 0) is 137 Å². The smallest absolute Gasteiger partial charge is 0.0685 e. The molecule has 0 aromatic carbocycles. The third kappa shape index (κ3) is 5.80. The highest BCUT2D eigenvalue weighted by molar-refractivity contribution is 5.88. The van der Waals surface area contributed by atoms with Crippen LogP contribution in [0.3, 0.4) is 0 Å². The first kappa shape index (κ1) is 27.9. The number of allylic oxidation sites excluding steroid dienone is 4. The molecule has 0 spiro atoms. The topological polar surface area (TPSA) is 56.3 Å². The molecule has 4 nitrogen and oxygen atoms in total. The second-order valence-electron chi connectivity index (χ2n) is 11.1. The first-order chi connectivity index (χ1) is 18.2. The van der Waals surface area contributed by atoms with Crippen LogP contribution in [0, 0.1) is 27.7 Å². The van der Waals surface area contributed by atoms with Gasteiger partial charge in [0.25, 0.3) is 0 Å². The summed E-state index contributed by atoms with van der Waals surface area (Å²) in [6.45, 7) is 17.7. The van der Waals surface area contributed by atoms with Gasteiger partial charge in [-0.2, -0.15) is 0 Å². The fourth-order valence-electron chi connectivity index (χ4n) is 6.12. The Morgan fingerprint density at radius 1 is 0.605 bits per heavy atom. The molecular formula is C34H46N4. The van der Waals surface area contributed by atoms with E-state index in [1.54, 1.807) is 0 Å². The Hall–Kier alpha value is -3.14. The molecule has 2 aliphatic rings. The summed E-state index contributed by atoms with van der Waals surface area (Å²) in [5.41, 5.74) is 18.3. The maximum absolute atomic E-state index is 4.64. The normalized spacial score (nSPS) is 17.5. The summed E-state index contributed by atoms with van der Waals surface area (Å²) in [7, 11) is 0. The summed E-state index contributed by atoms with van der Waals surface area (Å²) < 4.78 is 0. The fourth-order valence-corrected chi connectivity index (χ4v) is 6.12. The summed E-state index contributed by atoms with van der Waals surface area (Å²) >= 11 is 0. The van der Waals surface area contributed by atoms with Crippen molar-refractivity contribution in [2.45, 2.75) is 107 Å². The van der Waals surface area contributed by atoms with Crippen LogP contribution in [-0.2, 0) is 12.8 Å². The Morgan fingerprint density at radius 3 is 1.37 bits per heavy atom. The van der Waals surface area contributed by atoms with Crippen molar-refractivity contribution in [1.82, 2.24) is 9.97 Å². The molecule has 4 heteroatoms. The molecule has 202 valence electrons. The van der Waals surface area contributed by atoms with Gasteiger partial charge in [-0.15, -0.1) is 0 Å². The van der Waals surface area contributed by atoms with Crippen LogP contribution >= 0.6 is 0 Å². The molecular weight excluding hydrogens is 464 g/mol. The number of aliphatic imine (C=N–C) groups is 2. The summed E-state index contributed by atoms with van der Waals surface area (Å²) in [5, 5.41) is 0. The van der Waals surface area contributed by atoms with E-state index in [9.17, 15) is 0 Å². The molecule has 0 bridgehead atoms. The number of nitrogens with zero attached hydrogens (tertiary/aromatic N) is 2. The van der Waals surface area contributed by atoms with Gasteiger partial charge in [0.2, 0.25) is 0 Å². The van der Waals surface area contributed by atoms with Crippen molar-refractivity contribution in [1.29, 1.82) is 0 Å². The Kier molecular flexibility index (Phi) is 8.91. The van der Waals surface area contributed by atoms with Crippen LogP contribution in [0.1, 0.15) is 111 Å². The first-order valence-electron chi connectivity index (χ1n) is 14.5.